The number of cyclic esters (lactones) is 1. The molecule has 0 spiro atoms. The van der Waals surface area contributed by atoms with Crippen molar-refractivity contribution < 1.29 is 9.53 Å². The Morgan fingerprint density at radius 3 is 2.67 bits per heavy atom. The third-order valence-corrected chi connectivity index (χ3v) is 4.21. The van der Waals surface area contributed by atoms with Gasteiger partial charge in [-0.3, -0.25) is 10.1 Å². The molecule has 113 valence electrons. The smallest absolute Gasteiger partial charge is 0.326 e. The van der Waals surface area contributed by atoms with E-state index >= 15 is 0 Å². The lowest BCUT2D eigenvalue weighted by Crippen LogP contribution is -2.60. The van der Waals surface area contributed by atoms with Gasteiger partial charge in [-0.15, -0.1) is 0 Å². The molecule has 1 aromatic rings. The van der Waals surface area contributed by atoms with Crippen molar-refractivity contribution in [2.75, 3.05) is 0 Å². The summed E-state index contributed by atoms with van der Waals surface area (Å²) in [6, 6.07) is 10.3. The molecule has 1 N–H and O–H groups in total. The highest BCUT2D eigenvalue weighted by Crippen LogP contribution is 2.32. The Kier molecular flexibility index (Phi) is 5.46. The molecule has 1 unspecified atom stereocenters. The summed E-state index contributed by atoms with van der Waals surface area (Å²) < 4.78 is 5.77. The van der Waals surface area contributed by atoms with Gasteiger partial charge in [-0.05, 0) is 25.2 Å². The van der Waals surface area contributed by atoms with Crippen molar-refractivity contribution in [3.63, 3.8) is 0 Å². The minimum atomic E-state index is -0.583. The average molecular weight is 286 g/mol. The molecule has 3 nitrogen and oxygen atoms in total. The van der Waals surface area contributed by atoms with Gasteiger partial charge >= 0.3 is 5.97 Å². The van der Waals surface area contributed by atoms with E-state index in [1.807, 2.05) is 31.9 Å². The number of unbranched alkanes of at least 4 members (excludes halogenated alkanes) is 1. The van der Waals surface area contributed by atoms with Gasteiger partial charge in [-0.25, -0.2) is 0 Å². The lowest BCUT2D eigenvalue weighted by atomic mass is 9.72. The minimum Gasteiger partial charge on any atom is -0.460 e. The number of hydrogen-bond donors (Lipinski definition) is 1. The Hall–Kier alpha value is -1.29. The number of nitrogens with one attached hydrogen (secondary N) is 1. The van der Waals surface area contributed by atoms with Crippen molar-refractivity contribution in [2.24, 2.45) is 0 Å². The zero-order valence-corrected chi connectivity index (χ0v) is 13.3. The van der Waals surface area contributed by atoms with Gasteiger partial charge < -0.3 is 4.74 Å². The Bertz CT molecular complexity index is 465. The van der Waals surface area contributed by atoms with E-state index in [-0.39, 0.29) is 18.1 Å². The van der Waals surface area contributed by atoms with Gasteiger partial charge in [0.15, 0.2) is 0 Å². The predicted molar refractivity (Wildman–Crippen MR) is 86.6 cm³/mol. The van der Waals surface area contributed by atoms with Gasteiger partial charge in [0, 0.05) is 0 Å². The van der Waals surface area contributed by atoms with Crippen molar-refractivity contribution in [3.05, 3.63) is 35.9 Å². The first-order valence-electron chi connectivity index (χ1n) is 7.92. The first-order chi connectivity index (χ1) is 10.1. The molecular weight excluding hydrogens is 261 g/mol. The SMILES string of the molecule is C[B]CC1OC(=O)[C@@](C)(CCCC)N[C@@H]1c1ccccc1. The maximum Gasteiger partial charge on any atom is 0.326 e. The van der Waals surface area contributed by atoms with Crippen LogP contribution in [0.3, 0.4) is 0 Å². The van der Waals surface area contributed by atoms with Crippen LogP contribution in [0, 0.1) is 0 Å². The predicted octanol–water partition coefficient (Wildman–Crippen LogP) is 3.36. The summed E-state index contributed by atoms with van der Waals surface area (Å²) >= 11 is 0. The maximum atomic E-state index is 12.4. The molecule has 3 atom stereocenters. The number of benzene rings is 1. The van der Waals surface area contributed by atoms with Crippen LogP contribution in [0.25, 0.3) is 0 Å². The lowest BCUT2D eigenvalue weighted by molar-refractivity contribution is -0.166. The number of carbonyl (C=O) groups excluding carboxylic acids is 1. The first kappa shape index (κ1) is 16.1. The Morgan fingerprint density at radius 1 is 1.33 bits per heavy atom. The molecule has 0 saturated carbocycles. The topological polar surface area (TPSA) is 38.3 Å². The molecule has 21 heavy (non-hydrogen) atoms. The summed E-state index contributed by atoms with van der Waals surface area (Å²) in [5, 5.41) is 3.57. The number of esters is 1. The molecule has 0 aromatic heterocycles. The standard InChI is InChI=1S/C17H25BNO2/c1-4-5-11-17(2)16(20)21-14(12-18-3)15(19-17)13-9-7-6-8-10-13/h6-10,14-15,19H,4-5,11-12H2,1-3H3/t14?,15-,17-/m1/s1. The van der Waals surface area contributed by atoms with Crippen LogP contribution in [-0.4, -0.2) is 24.9 Å². The van der Waals surface area contributed by atoms with Crippen molar-refractivity contribution >= 4 is 13.2 Å². The summed E-state index contributed by atoms with van der Waals surface area (Å²) in [6.45, 7) is 6.11. The molecule has 1 saturated heterocycles. The lowest BCUT2D eigenvalue weighted by Gasteiger charge is -2.43. The van der Waals surface area contributed by atoms with Gasteiger partial charge in [0.1, 0.15) is 18.9 Å². The van der Waals surface area contributed by atoms with Crippen LogP contribution in [-0.2, 0) is 9.53 Å². The second kappa shape index (κ2) is 7.12. The number of rotatable bonds is 6. The van der Waals surface area contributed by atoms with Crippen molar-refractivity contribution in [3.8, 4) is 0 Å². The normalized spacial score (nSPS) is 29.0. The monoisotopic (exact) mass is 286 g/mol. The number of ether oxygens (including phenoxy) is 1. The van der Waals surface area contributed by atoms with E-state index < -0.39 is 5.54 Å². The van der Waals surface area contributed by atoms with Gasteiger partial charge in [-0.1, -0.05) is 56.9 Å². The molecule has 0 amide bonds. The molecule has 1 aliphatic heterocycles. The highest BCUT2D eigenvalue weighted by molar-refractivity contribution is 6.33. The van der Waals surface area contributed by atoms with Crippen LogP contribution in [0.5, 0.6) is 0 Å². The highest BCUT2D eigenvalue weighted by atomic mass is 16.6. The quantitative estimate of drug-likeness (QED) is 0.643. The van der Waals surface area contributed by atoms with Crippen LogP contribution in [0.4, 0.5) is 0 Å². The third kappa shape index (κ3) is 3.68. The van der Waals surface area contributed by atoms with E-state index in [0.29, 0.717) is 0 Å². The average Bonchev–Trinajstić information content (AvgIpc) is 2.50. The van der Waals surface area contributed by atoms with Gasteiger partial charge in [0.25, 0.3) is 0 Å². The van der Waals surface area contributed by atoms with Crippen LogP contribution in [0.2, 0.25) is 13.1 Å². The number of morpholine rings is 1. The second-order valence-electron chi connectivity index (χ2n) is 6.06. The summed E-state index contributed by atoms with van der Waals surface area (Å²) in [5.41, 5.74) is 0.598. The van der Waals surface area contributed by atoms with E-state index in [2.05, 4.69) is 31.7 Å². The van der Waals surface area contributed by atoms with E-state index in [4.69, 9.17) is 4.74 Å². The Labute approximate surface area is 128 Å². The van der Waals surface area contributed by atoms with Crippen molar-refractivity contribution in [1.82, 2.24) is 5.32 Å². The van der Waals surface area contributed by atoms with Crippen LogP contribution >= 0.6 is 0 Å². The molecule has 1 aromatic carbocycles. The molecular formula is C17H25BNO2. The summed E-state index contributed by atoms with van der Waals surface area (Å²) in [7, 11) is 2.06. The van der Waals surface area contributed by atoms with Crippen LogP contribution in [0.15, 0.2) is 30.3 Å². The first-order valence-corrected chi connectivity index (χ1v) is 7.92. The largest absolute Gasteiger partial charge is 0.460 e. The van der Waals surface area contributed by atoms with Crippen molar-refractivity contribution in [2.45, 2.75) is 63.9 Å². The fraction of sp³-hybridized carbons (Fsp3) is 0.588. The Morgan fingerprint density at radius 2 is 2.05 bits per heavy atom. The molecule has 0 aliphatic carbocycles. The van der Waals surface area contributed by atoms with Crippen LogP contribution in [0.1, 0.15) is 44.7 Å². The molecule has 1 heterocycles. The third-order valence-electron chi connectivity index (χ3n) is 4.21. The second-order valence-corrected chi connectivity index (χ2v) is 6.06. The molecule has 1 fully saturated rings. The van der Waals surface area contributed by atoms with E-state index in [9.17, 15) is 4.79 Å². The van der Waals surface area contributed by atoms with Gasteiger partial charge in [-0.2, -0.15) is 0 Å². The van der Waals surface area contributed by atoms with Gasteiger partial charge in [0.2, 0.25) is 0 Å². The molecule has 2 rings (SSSR count). The zero-order chi connectivity index (χ0) is 15.3. The zero-order valence-electron chi connectivity index (χ0n) is 13.3. The maximum absolute atomic E-state index is 12.4. The molecule has 1 aliphatic rings. The molecule has 0 bridgehead atoms. The number of hydrogen-bond acceptors (Lipinski definition) is 3. The van der Waals surface area contributed by atoms with Crippen molar-refractivity contribution in [1.29, 1.82) is 0 Å². The number of carbonyl (C=O) groups is 1. The van der Waals surface area contributed by atoms with Gasteiger partial charge in [0.05, 0.1) is 6.04 Å². The van der Waals surface area contributed by atoms with E-state index in [1.165, 1.54) is 5.56 Å². The molecule has 1 radical (unpaired) electrons. The Balaban J connectivity index is 2.23. The fourth-order valence-corrected chi connectivity index (χ4v) is 2.91. The molecule has 4 heteroatoms. The highest BCUT2D eigenvalue weighted by Gasteiger charge is 2.45. The van der Waals surface area contributed by atoms with E-state index in [0.717, 1.165) is 25.6 Å². The summed E-state index contributed by atoms with van der Waals surface area (Å²) in [5.74, 6) is -0.116. The van der Waals surface area contributed by atoms with Crippen LogP contribution < -0.4 is 5.32 Å². The summed E-state index contributed by atoms with van der Waals surface area (Å²) in [4.78, 5) is 12.4. The fourth-order valence-electron chi connectivity index (χ4n) is 2.91. The summed E-state index contributed by atoms with van der Waals surface area (Å²) in [6.07, 6.45) is 3.55. The van der Waals surface area contributed by atoms with E-state index in [1.54, 1.807) is 0 Å². The minimum absolute atomic E-state index is 0.0574.